The van der Waals surface area contributed by atoms with Crippen LogP contribution in [0.4, 0.5) is 0 Å². The minimum Gasteiger partial charge on any atom is -0.477 e. The van der Waals surface area contributed by atoms with Gasteiger partial charge in [0.15, 0.2) is 12.4 Å². The third-order valence-electron chi connectivity index (χ3n) is 2.90. The first-order chi connectivity index (χ1) is 8.81. The minimum atomic E-state index is -0.506. The fourth-order valence-corrected chi connectivity index (χ4v) is 1.97. The highest BCUT2D eigenvalue weighted by Gasteiger charge is 2.33. The number of aryl methyl sites for hydroxylation is 1. The van der Waals surface area contributed by atoms with E-state index in [2.05, 4.69) is 17.1 Å². The van der Waals surface area contributed by atoms with Crippen molar-refractivity contribution in [2.24, 2.45) is 4.99 Å². The molecule has 96 valence electrons. The van der Waals surface area contributed by atoms with Crippen molar-refractivity contribution < 1.29 is 14.3 Å². The number of esters is 1. The Morgan fingerprint density at radius 1 is 1.39 bits per heavy atom. The second-order valence-corrected chi connectivity index (χ2v) is 4.15. The number of carbonyl (C=O) groups is 1. The number of carbonyl (C=O) groups excluding carboxylic acids is 1. The molecule has 0 fully saturated rings. The van der Waals surface area contributed by atoms with Crippen LogP contribution in [0.1, 0.15) is 18.9 Å². The molecule has 1 aliphatic heterocycles. The Morgan fingerprint density at radius 3 is 2.89 bits per heavy atom. The van der Waals surface area contributed by atoms with Crippen LogP contribution in [0.2, 0.25) is 0 Å². The lowest BCUT2D eigenvalue weighted by molar-refractivity contribution is -0.146. The summed E-state index contributed by atoms with van der Waals surface area (Å²) < 4.78 is 10.3. The number of rotatable bonds is 5. The van der Waals surface area contributed by atoms with Crippen LogP contribution in [0.5, 0.6) is 0 Å². The second kappa shape index (κ2) is 6.19. The van der Waals surface area contributed by atoms with Crippen LogP contribution >= 0.6 is 0 Å². The van der Waals surface area contributed by atoms with Gasteiger partial charge in [-0.1, -0.05) is 30.3 Å². The van der Waals surface area contributed by atoms with E-state index in [-0.39, 0.29) is 12.1 Å². The summed E-state index contributed by atoms with van der Waals surface area (Å²) in [6.45, 7) is 2.16. The first-order valence-corrected chi connectivity index (χ1v) is 6.19. The van der Waals surface area contributed by atoms with Gasteiger partial charge in [-0.2, -0.15) is 0 Å². The molecule has 0 aromatic heterocycles. The maximum atomic E-state index is 11.7. The van der Waals surface area contributed by atoms with Gasteiger partial charge in [-0.3, -0.25) is 0 Å². The third kappa shape index (κ3) is 3.09. The van der Waals surface area contributed by atoms with Gasteiger partial charge in [-0.15, -0.1) is 0 Å². The number of benzene rings is 1. The summed E-state index contributed by atoms with van der Waals surface area (Å²) in [4.78, 5) is 15.7. The van der Waals surface area contributed by atoms with Crippen LogP contribution in [0.3, 0.4) is 0 Å². The summed E-state index contributed by atoms with van der Waals surface area (Å²) in [5, 5.41) is 0. The standard InChI is InChI=1S/C14H17NO3/c1-2-17-14(16)13-12(18-10-15-13)9-8-11-6-4-3-5-7-11/h3-7,10,12-13H,2,8-9H2,1H3. The Hall–Kier alpha value is -1.84. The fraction of sp³-hybridized carbons (Fsp3) is 0.429. The van der Waals surface area contributed by atoms with Crippen molar-refractivity contribution >= 4 is 12.4 Å². The summed E-state index contributed by atoms with van der Waals surface area (Å²) >= 11 is 0. The lowest BCUT2D eigenvalue weighted by Gasteiger charge is -2.15. The number of aliphatic imine (C=N–C) groups is 1. The molecule has 1 aliphatic rings. The summed E-state index contributed by atoms with van der Waals surface area (Å²) in [5.41, 5.74) is 1.23. The van der Waals surface area contributed by atoms with E-state index in [9.17, 15) is 4.79 Å². The van der Waals surface area contributed by atoms with Gasteiger partial charge in [0.2, 0.25) is 0 Å². The average Bonchev–Trinajstić information content (AvgIpc) is 2.86. The molecule has 4 nitrogen and oxygen atoms in total. The Balaban J connectivity index is 1.87. The number of ether oxygens (including phenoxy) is 2. The van der Waals surface area contributed by atoms with Crippen molar-refractivity contribution in [2.45, 2.75) is 31.9 Å². The van der Waals surface area contributed by atoms with E-state index in [4.69, 9.17) is 9.47 Å². The van der Waals surface area contributed by atoms with Crippen LogP contribution in [0.25, 0.3) is 0 Å². The Kier molecular flexibility index (Phi) is 4.34. The second-order valence-electron chi connectivity index (χ2n) is 4.15. The highest BCUT2D eigenvalue weighted by molar-refractivity contribution is 5.79. The predicted molar refractivity (Wildman–Crippen MR) is 68.5 cm³/mol. The maximum absolute atomic E-state index is 11.7. The van der Waals surface area contributed by atoms with Crippen molar-refractivity contribution in [1.82, 2.24) is 0 Å². The third-order valence-corrected chi connectivity index (χ3v) is 2.90. The molecule has 0 saturated heterocycles. The fourth-order valence-electron chi connectivity index (χ4n) is 1.97. The van der Waals surface area contributed by atoms with Gasteiger partial charge >= 0.3 is 5.97 Å². The molecule has 0 bridgehead atoms. The van der Waals surface area contributed by atoms with Crippen LogP contribution in [-0.4, -0.2) is 31.1 Å². The van der Waals surface area contributed by atoms with E-state index in [0.717, 1.165) is 12.8 Å². The van der Waals surface area contributed by atoms with E-state index >= 15 is 0 Å². The molecular weight excluding hydrogens is 230 g/mol. The van der Waals surface area contributed by atoms with Gasteiger partial charge in [0.05, 0.1) is 6.61 Å². The molecule has 0 saturated carbocycles. The molecule has 2 unspecified atom stereocenters. The van der Waals surface area contributed by atoms with Crippen molar-refractivity contribution in [2.75, 3.05) is 6.61 Å². The van der Waals surface area contributed by atoms with Crippen molar-refractivity contribution in [3.05, 3.63) is 35.9 Å². The maximum Gasteiger partial charge on any atom is 0.334 e. The van der Waals surface area contributed by atoms with Gasteiger partial charge in [0.1, 0.15) is 6.10 Å². The molecule has 1 aromatic rings. The van der Waals surface area contributed by atoms with E-state index in [1.807, 2.05) is 18.2 Å². The summed E-state index contributed by atoms with van der Waals surface area (Å²) in [5.74, 6) is -0.302. The van der Waals surface area contributed by atoms with E-state index in [1.165, 1.54) is 12.0 Å². The zero-order chi connectivity index (χ0) is 12.8. The van der Waals surface area contributed by atoms with Gasteiger partial charge < -0.3 is 9.47 Å². The summed E-state index contributed by atoms with van der Waals surface area (Å²) in [6, 6.07) is 9.62. The molecule has 1 aromatic carbocycles. The van der Waals surface area contributed by atoms with E-state index < -0.39 is 6.04 Å². The quantitative estimate of drug-likeness (QED) is 0.747. The molecule has 18 heavy (non-hydrogen) atoms. The van der Waals surface area contributed by atoms with Crippen LogP contribution in [-0.2, 0) is 20.7 Å². The number of nitrogens with zero attached hydrogens (tertiary/aromatic N) is 1. The first-order valence-electron chi connectivity index (χ1n) is 6.19. The van der Waals surface area contributed by atoms with Crippen LogP contribution in [0.15, 0.2) is 35.3 Å². The number of hydrogen-bond acceptors (Lipinski definition) is 4. The molecule has 4 heteroatoms. The van der Waals surface area contributed by atoms with E-state index in [1.54, 1.807) is 6.92 Å². The molecule has 0 amide bonds. The lowest BCUT2D eigenvalue weighted by atomic mass is 10.0. The molecule has 2 rings (SSSR count). The first kappa shape index (κ1) is 12.6. The molecule has 1 heterocycles. The van der Waals surface area contributed by atoms with Gasteiger partial charge in [0.25, 0.3) is 0 Å². The lowest BCUT2D eigenvalue weighted by Crippen LogP contribution is -2.32. The SMILES string of the molecule is CCOC(=O)C1N=COC1CCc1ccccc1. The normalized spacial score (nSPS) is 21.6. The largest absolute Gasteiger partial charge is 0.477 e. The Labute approximate surface area is 107 Å². The highest BCUT2D eigenvalue weighted by Crippen LogP contribution is 2.17. The average molecular weight is 247 g/mol. The minimum absolute atomic E-state index is 0.204. The van der Waals surface area contributed by atoms with Gasteiger partial charge in [0, 0.05) is 0 Å². The predicted octanol–water partition coefficient (Wildman–Crippen LogP) is 1.98. The highest BCUT2D eigenvalue weighted by atomic mass is 16.5. The molecule has 0 N–H and O–H groups in total. The molecule has 0 aliphatic carbocycles. The van der Waals surface area contributed by atoms with Crippen LogP contribution < -0.4 is 0 Å². The number of hydrogen-bond donors (Lipinski definition) is 0. The van der Waals surface area contributed by atoms with Gasteiger partial charge in [-0.05, 0) is 25.3 Å². The van der Waals surface area contributed by atoms with Gasteiger partial charge in [-0.25, -0.2) is 9.79 Å². The van der Waals surface area contributed by atoms with Crippen molar-refractivity contribution in [3.63, 3.8) is 0 Å². The summed E-state index contributed by atoms with van der Waals surface area (Å²) in [7, 11) is 0. The monoisotopic (exact) mass is 247 g/mol. The van der Waals surface area contributed by atoms with Crippen LogP contribution in [0, 0.1) is 0 Å². The molecule has 0 radical (unpaired) electrons. The Bertz CT molecular complexity index is 416. The Morgan fingerprint density at radius 2 is 2.17 bits per heavy atom. The van der Waals surface area contributed by atoms with E-state index in [0.29, 0.717) is 6.61 Å². The van der Waals surface area contributed by atoms with Crippen molar-refractivity contribution in [1.29, 1.82) is 0 Å². The zero-order valence-electron chi connectivity index (χ0n) is 10.4. The summed E-state index contributed by atoms with van der Waals surface area (Å²) in [6.07, 6.45) is 2.78. The van der Waals surface area contributed by atoms with Crippen molar-refractivity contribution in [3.8, 4) is 0 Å². The zero-order valence-corrected chi connectivity index (χ0v) is 10.4. The molecule has 0 spiro atoms. The topological polar surface area (TPSA) is 47.9 Å². The molecular formula is C14H17NO3. The smallest absolute Gasteiger partial charge is 0.334 e. The molecule has 2 atom stereocenters.